The fraction of sp³-hybridized carbons (Fsp3) is 0.455. The second kappa shape index (κ2) is 5.06. The molecule has 1 fully saturated rings. The normalized spacial score (nSPS) is 16.6. The fourth-order valence-corrected chi connectivity index (χ4v) is 2.79. The Bertz CT molecular complexity index is 299. The molecule has 1 saturated heterocycles. The molecular formula is C11H14ClNS. The van der Waals surface area contributed by atoms with E-state index in [2.05, 4.69) is 29.2 Å². The smallest absolute Gasteiger partial charge is 0.0408 e. The minimum absolute atomic E-state index is 0.842. The molecule has 0 bridgehead atoms. The van der Waals surface area contributed by atoms with Crippen LogP contribution >= 0.6 is 23.4 Å². The molecule has 0 radical (unpaired) electrons. The van der Waals surface area contributed by atoms with Gasteiger partial charge in [-0.2, -0.15) is 11.8 Å². The average molecular weight is 228 g/mol. The van der Waals surface area contributed by atoms with Gasteiger partial charge in [0.05, 0.1) is 0 Å². The molecule has 0 atom stereocenters. The summed E-state index contributed by atoms with van der Waals surface area (Å²) in [5.74, 6) is 1.20. The van der Waals surface area contributed by atoms with Crippen molar-refractivity contribution in [3.63, 3.8) is 0 Å². The third kappa shape index (κ3) is 2.91. The zero-order valence-corrected chi connectivity index (χ0v) is 9.57. The third-order valence-electron chi connectivity index (χ3n) is 2.38. The molecule has 1 heterocycles. The summed E-state index contributed by atoms with van der Waals surface area (Å²) in [6.07, 6.45) is 1.13. The molecule has 1 aliphatic heterocycles. The molecule has 0 aliphatic carbocycles. The van der Waals surface area contributed by atoms with Crippen molar-refractivity contribution >= 4 is 23.4 Å². The van der Waals surface area contributed by atoms with Crippen LogP contribution < -0.4 is 5.32 Å². The van der Waals surface area contributed by atoms with Crippen LogP contribution in [-0.2, 0) is 6.42 Å². The lowest BCUT2D eigenvalue weighted by molar-refractivity contribution is 0.543. The van der Waals surface area contributed by atoms with Crippen molar-refractivity contribution in [2.24, 2.45) is 0 Å². The predicted molar refractivity (Wildman–Crippen MR) is 64.3 cm³/mol. The number of nitrogens with one attached hydrogen (secondary N) is 1. The van der Waals surface area contributed by atoms with Crippen LogP contribution in [0.5, 0.6) is 0 Å². The van der Waals surface area contributed by atoms with E-state index in [1.165, 1.54) is 24.4 Å². The molecule has 0 unspecified atom stereocenters. The van der Waals surface area contributed by atoms with Crippen molar-refractivity contribution in [1.29, 1.82) is 0 Å². The summed E-state index contributed by atoms with van der Waals surface area (Å²) < 4.78 is 0. The first kappa shape index (κ1) is 10.3. The van der Waals surface area contributed by atoms with Crippen LogP contribution in [0.4, 0.5) is 0 Å². The Morgan fingerprint density at radius 3 is 2.93 bits per heavy atom. The Morgan fingerprint density at radius 1 is 1.43 bits per heavy atom. The first-order valence-electron chi connectivity index (χ1n) is 4.91. The van der Waals surface area contributed by atoms with Crippen LogP contribution in [0.2, 0.25) is 5.02 Å². The van der Waals surface area contributed by atoms with E-state index in [1.807, 2.05) is 12.1 Å². The molecule has 0 aromatic heterocycles. The number of hydrogen-bond acceptors (Lipinski definition) is 2. The topological polar surface area (TPSA) is 12.0 Å². The van der Waals surface area contributed by atoms with Crippen molar-refractivity contribution in [2.75, 3.05) is 18.8 Å². The SMILES string of the molecule is Clc1cccc(CCSC2CNC2)c1. The molecule has 2 rings (SSSR count). The maximum absolute atomic E-state index is 5.91. The maximum Gasteiger partial charge on any atom is 0.0408 e. The van der Waals surface area contributed by atoms with E-state index in [0.29, 0.717) is 0 Å². The predicted octanol–water partition coefficient (Wildman–Crippen LogP) is 2.59. The molecule has 14 heavy (non-hydrogen) atoms. The van der Waals surface area contributed by atoms with Gasteiger partial charge in [-0.3, -0.25) is 0 Å². The maximum atomic E-state index is 5.91. The van der Waals surface area contributed by atoms with Crippen molar-refractivity contribution in [3.8, 4) is 0 Å². The van der Waals surface area contributed by atoms with Gasteiger partial charge < -0.3 is 5.32 Å². The molecule has 0 spiro atoms. The summed E-state index contributed by atoms with van der Waals surface area (Å²) in [6, 6.07) is 8.15. The van der Waals surface area contributed by atoms with Gasteiger partial charge in [0.2, 0.25) is 0 Å². The first-order chi connectivity index (χ1) is 6.84. The van der Waals surface area contributed by atoms with Gasteiger partial charge in [-0.1, -0.05) is 23.7 Å². The van der Waals surface area contributed by atoms with Crippen LogP contribution in [0.3, 0.4) is 0 Å². The molecule has 1 nitrogen and oxygen atoms in total. The highest BCUT2D eigenvalue weighted by Gasteiger charge is 2.15. The molecule has 3 heteroatoms. The summed E-state index contributed by atoms with van der Waals surface area (Å²) in [5, 5.41) is 4.96. The lowest BCUT2D eigenvalue weighted by Crippen LogP contribution is -2.44. The van der Waals surface area contributed by atoms with E-state index in [4.69, 9.17) is 11.6 Å². The lowest BCUT2D eigenvalue weighted by Gasteiger charge is -2.26. The highest BCUT2D eigenvalue weighted by atomic mass is 35.5. The summed E-state index contributed by atoms with van der Waals surface area (Å²) in [4.78, 5) is 0. The van der Waals surface area contributed by atoms with Crippen molar-refractivity contribution in [2.45, 2.75) is 11.7 Å². The Labute approximate surface area is 94.2 Å². The van der Waals surface area contributed by atoms with E-state index >= 15 is 0 Å². The molecular weight excluding hydrogens is 214 g/mol. The van der Waals surface area contributed by atoms with Gasteiger partial charge in [0.1, 0.15) is 0 Å². The van der Waals surface area contributed by atoms with Gasteiger partial charge in [-0.15, -0.1) is 0 Å². The molecule has 1 aromatic rings. The molecule has 76 valence electrons. The molecule has 1 aromatic carbocycles. The average Bonchev–Trinajstić information content (AvgIpc) is 2.09. The largest absolute Gasteiger partial charge is 0.314 e. The standard InChI is InChI=1S/C11H14ClNS/c12-10-3-1-2-9(6-10)4-5-14-11-7-13-8-11/h1-3,6,11,13H,4-5,7-8H2. The van der Waals surface area contributed by atoms with Gasteiger partial charge in [0, 0.05) is 23.4 Å². The van der Waals surface area contributed by atoms with E-state index in [9.17, 15) is 0 Å². The first-order valence-corrected chi connectivity index (χ1v) is 6.34. The number of rotatable bonds is 4. The monoisotopic (exact) mass is 227 g/mol. The second-order valence-corrected chi connectivity index (χ2v) is 5.38. The van der Waals surface area contributed by atoms with Crippen molar-refractivity contribution < 1.29 is 0 Å². The second-order valence-electron chi connectivity index (χ2n) is 3.53. The number of aryl methyl sites for hydroxylation is 1. The van der Waals surface area contributed by atoms with E-state index < -0.39 is 0 Å². The zero-order valence-electron chi connectivity index (χ0n) is 8.00. The van der Waals surface area contributed by atoms with Crippen LogP contribution in [0.25, 0.3) is 0 Å². The zero-order chi connectivity index (χ0) is 9.80. The molecule has 1 N–H and O–H groups in total. The molecule has 0 saturated carbocycles. The summed E-state index contributed by atoms with van der Waals surface area (Å²) in [7, 11) is 0. The van der Waals surface area contributed by atoms with Gasteiger partial charge in [-0.25, -0.2) is 0 Å². The van der Waals surface area contributed by atoms with Crippen molar-refractivity contribution in [3.05, 3.63) is 34.9 Å². The minimum atomic E-state index is 0.842. The number of halogens is 1. The van der Waals surface area contributed by atoms with E-state index in [1.54, 1.807) is 0 Å². The van der Waals surface area contributed by atoms with Gasteiger partial charge >= 0.3 is 0 Å². The number of thioether (sulfide) groups is 1. The Kier molecular flexibility index (Phi) is 3.74. The van der Waals surface area contributed by atoms with Gasteiger partial charge in [0.15, 0.2) is 0 Å². The lowest BCUT2D eigenvalue weighted by atomic mass is 10.2. The number of hydrogen-bond donors (Lipinski definition) is 1. The highest BCUT2D eigenvalue weighted by molar-refractivity contribution is 8.00. The van der Waals surface area contributed by atoms with Gasteiger partial charge in [-0.05, 0) is 29.9 Å². The summed E-state index contributed by atoms with van der Waals surface area (Å²) in [6.45, 7) is 2.36. The summed E-state index contributed by atoms with van der Waals surface area (Å²) in [5.41, 5.74) is 1.34. The third-order valence-corrected chi connectivity index (χ3v) is 3.86. The van der Waals surface area contributed by atoms with Crippen LogP contribution in [0.15, 0.2) is 24.3 Å². The van der Waals surface area contributed by atoms with Crippen LogP contribution in [0.1, 0.15) is 5.56 Å². The number of benzene rings is 1. The van der Waals surface area contributed by atoms with Crippen LogP contribution in [0, 0.1) is 0 Å². The van der Waals surface area contributed by atoms with E-state index in [0.717, 1.165) is 16.7 Å². The Hall–Kier alpha value is -0.180. The summed E-state index contributed by atoms with van der Waals surface area (Å²) >= 11 is 7.97. The Balaban J connectivity index is 1.74. The fourth-order valence-electron chi connectivity index (χ4n) is 1.42. The Morgan fingerprint density at radius 2 is 2.29 bits per heavy atom. The highest BCUT2D eigenvalue weighted by Crippen LogP contribution is 2.17. The molecule has 0 amide bonds. The van der Waals surface area contributed by atoms with Crippen molar-refractivity contribution in [1.82, 2.24) is 5.32 Å². The van der Waals surface area contributed by atoms with E-state index in [-0.39, 0.29) is 0 Å². The quantitative estimate of drug-likeness (QED) is 0.849. The molecule has 1 aliphatic rings. The van der Waals surface area contributed by atoms with Gasteiger partial charge in [0.25, 0.3) is 0 Å². The van der Waals surface area contributed by atoms with Crippen LogP contribution in [-0.4, -0.2) is 24.1 Å². The minimum Gasteiger partial charge on any atom is -0.314 e.